The summed E-state index contributed by atoms with van der Waals surface area (Å²) in [6.07, 6.45) is 0.113. The van der Waals surface area contributed by atoms with Crippen LogP contribution in [-0.2, 0) is 17.7 Å². The van der Waals surface area contributed by atoms with Crippen molar-refractivity contribution in [2.24, 2.45) is 0 Å². The molecule has 0 aliphatic carbocycles. The van der Waals surface area contributed by atoms with Gasteiger partial charge in [0, 0.05) is 23.4 Å². The van der Waals surface area contributed by atoms with Gasteiger partial charge in [-0.3, -0.25) is 10.1 Å². The highest BCUT2D eigenvalue weighted by molar-refractivity contribution is 7.15. The summed E-state index contributed by atoms with van der Waals surface area (Å²) < 4.78 is 16.1. The fourth-order valence-electron chi connectivity index (χ4n) is 3.04. The number of rotatable bonds is 7. The van der Waals surface area contributed by atoms with Crippen LogP contribution in [0.2, 0.25) is 0 Å². The van der Waals surface area contributed by atoms with E-state index >= 15 is 0 Å². The summed E-state index contributed by atoms with van der Waals surface area (Å²) in [5.74, 6) is 1.12. The van der Waals surface area contributed by atoms with Crippen LogP contribution in [-0.4, -0.2) is 48.2 Å². The first kappa shape index (κ1) is 20.9. The predicted molar refractivity (Wildman–Crippen MR) is 110 cm³/mol. The first-order valence-corrected chi connectivity index (χ1v) is 10.5. The molecule has 0 saturated heterocycles. The average molecular weight is 420 g/mol. The lowest BCUT2D eigenvalue weighted by atomic mass is 10.1. The number of aromatic nitrogens is 1. The summed E-state index contributed by atoms with van der Waals surface area (Å²) in [4.78, 5) is 31.8. The minimum Gasteiger partial charge on any atom is -0.490 e. The van der Waals surface area contributed by atoms with E-state index < -0.39 is 6.09 Å². The fraction of sp³-hybridized carbons (Fsp3) is 0.450. The molecule has 8 nitrogen and oxygen atoms in total. The maximum Gasteiger partial charge on any atom is 0.413 e. The number of carbonyl (C=O) groups excluding carboxylic acids is 2. The molecule has 1 aliphatic rings. The normalized spacial score (nSPS) is 12.9. The van der Waals surface area contributed by atoms with Crippen molar-refractivity contribution in [3.63, 3.8) is 0 Å². The van der Waals surface area contributed by atoms with Gasteiger partial charge in [0.2, 0.25) is 0 Å². The molecule has 0 unspecified atom stereocenters. The van der Waals surface area contributed by atoms with Gasteiger partial charge < -0.3 is 19.1 Å². The molecule has 1 N–H and O–H groups in total. The second kappa shape index (κ2) is 9.60. The van der Waals surface area contributed by atoms with Gasteiger partial charge in [-0.2, -0.15) is 0 Å². The van der Waals surface area contributed by atoms with Crippen molar-refractivity contribution in [1.82, 2.24) is 9.88 Å². The van der Waals surface area contributed by atoms with Gasteiger partial charge in [0.25, 0.3) is 5.91 Å². The zero-order chi connectivity index (χ0) is 20.8. The molecule has 3 rings (SSSR count). The summed E-state index contributed by atoms with van der Waals surface area (Å²) >= 11 is 1.36. The number of carbonyl (C=O) groups is 2. The van der Waals surface area contributed by atoms with Crippen molar-refractivity contribution in [1.29, 1.82) is 0 Å². The number of anilines is 1. The Morgan fingerprint density at radius 1 is 1.14 bits per heavy atom. The molecule has 1 aromatic heterocycles. The van der Waals surface area contributed by atoms with Crippen LogP contribution in [0.25, 0.3) is 0 Å². The van der Waals surface area contributed by atoms with E-state index in [4.69, 9.17) is 14.2 Å². The molecule has 0 atom stereocenters. The topological polar surface area (TPSA) is 90.0 Å². The maximum absolute atomic E-state index is 13.0. The Labute approximate surface area is 173 Å². The molecule has 0 bridgehead atoms. The Balaban J connectivity index is 1.73. The first-order valence-electron chi connectivity index (χ1n) is 9.66. The maximum atomic E-state index is 13.0. The Morgan fingerprint density at radius 2 is 1.90 bits per heavy atom. The number of nitrogens with one attached hydrogen (secondary N) is 1. The van der Waals surface area contributed by atoms with Crippen LogP contribution >= 0.6 is 11.3 Å². The Kier molecular flexibility index (Phi) is 6.92. The average Bonchev–Trinajstić information content (AvgIpc) is 3.10. The van der Waals surface area contributed by atoms with E-state index in [1.54, 1.807) is 30.0 Å². The van der Waals surface area contributed by atoms with Gasteiger partial charge >= 0.3 is 6.09 Å². The first-order chi connectivity index (χ1) is 14.0. The summed E-state index contributed by atoms with van der Waals surface area (Å²) in [6, 6.07) is 5.25. The van der Waals surface area contributed by atoms with E-state index in [2.05, 4.69) is 10.3 Å². The van der Waals surface area contributed by atoms with Crippen LogP contribution in [0.5, 0.6) is 11.5 Å². The molecule has 9 heteroatoms. The monoisotopic (exact) mass is 419 g/mol. The SMILES string of the molecule is CCOC(=O)Nc1nc2c(s1)CN(C(=O)c1ccc(OCC)c(OCC)c1)CC2. The van der Waals surface area contributed by atoms with Crippen molar-refractivity contribution >= 4 is 28.5 Å². The zero-order valence-corrected chi connectivity index (χ0v) is 17.6. The molecule has 0 radical (unpaired) electrons. The third-order valence-electron chi connectivity index (χ3n) is 4.29. The van der Waals surface area contributed by atoms with Gasteiger partial charge in [-0.25, -0.2) is 9.78 Å². The Bertz CT molecular complexity index is 883. The number of hydrogen-bond acceptors (Lipinski definition) is 7. The number of fused-ring (bicyclic) bond motifs is 1. The van der Waals surface area contributed by atoms with Gasteiger partial charge in [0.15, 0.2) is 16.6 Å². The molecular weight excluding hydrogens is 394 g/mol. The number of benzene rings is 1. The van der Waals surface area contributed by atoms with Crippen LogP contribution in [0.1, 0.15) is 41.7 Å². The van der Waals surface area contributed by atoms with E-state index in [1.807, 2.05) is 13.8 Å². The second-order valence-corrected chi connectivity index (χ2v) is 7.32. The van der Waals surface area contributed by atoms with E-state index in [1.165, 1.54) is 11.3 Å². The highest BCUT2D eigenvalue weighted by atomic mass is 32.1. The largest absolute Gasteiger partial charge is 0.490 e. The number of thiazole rings is 1. The third kappa shape index (κ3) is 4.97. The van der Waals surface area contributed by atoms with Crippen LogP contribution in [0.3, 0.4) is 0 Å². The fourth-order valence-corrected chi connectivity index (χ4v) is 4.05. The van der Waals surface area contributed by atoms with Gasteiger partial charge in [-0.1, -0.05) is 11.3 Å². The summed E-state index contributed by atoms with van der Waals surface area (Å²) in [7, 11) is 0. The molecule has 2 aromatic rings. The molecule has 0 saturated carbocycles. The van der Waals surface area contributed by atoms with Crippen LogP contribution in [0.4, 0.5) is 9.93 Å². The van der Waals surface area contributed by atoms with E-state index in [0.29, 0.717) is 61.5 Å². The molecule has 1 aromatic carbocycles. The highest BCUT2D eigenvalue weighted by Gasteiger charge is 2.26. The zero-order valence-electron chi connectivity index (χ0n) is 16.8. The van der Waals surface area contributed by atoms with E-state index in [-0.39, 0.29) is 5.91 Å². The molecule has 0 spiro atoms. The quantitative estimate of drug-likeness (QED) is 0.736. The van der Waals surface area contributed by atoms with E-state index in [9.17, 15) is 9.59 Å². The molecular formula is C20H25N3O5S. The molecule has 156 valence electrons. The van der Waals surface area contributed by atoms with Crippen molar-refractivity contribution in [2.75, 3.05) is 31.7 Å². The van der Waals surface area contributed by atoms with Gasteiger partial charge in [0.1, 0.15) is 0 Å². The van der Waals surface area contributed by atoms with E-state index in [0.717, 1.165) is 10.6 Å². The van der Waals surface area contributed by atoms with Crippen LogP contribution < -0.4 is 14.8 Å². The summed E-state index contributed by atoms with van der Waals surface area (Å²) in [5, 5.41) is 3.12. The Morgan fingerprint density at radius 3 is 2.62 bits per heavy atom. The minimum absolute atomic E-state index is 0.0760. The molecule has 2 heterocycles. The van der Waals surface area contributed by atoms with Crippen molar-refractivity contribution in [3.8, 4) is 11.5 Å². The third-order valence-corrected chi connectivity index (χ3v) is 5.29. The standard InChI is InChI=1S/C20H25N3O5S/c1-4-26-15-8-7-13(11-16(15)27-5-2)18(24)23-10-9-14-17(12-23)29-19(21-14)22-20(25)28-6-3/h7-8,11H,4-6,9-10,12H2,1-3H3,(H,21,22,25). The van der Waals surface area contributed by atoms with Crippen molar-refractivity contribution < 1.29 is 23.8 Å². The number of ether oxygens (including phenoxy) is 3. The molecule has 2 amide bonds. The molecule has 0 fully saturated rings. The number of hydrogen-bond donors (Lipinski definition) is 1. The van der Waals surface area contributed by atoms with Crippen LogP contribution in [0, 0.1) is 0 Å². The highest BCUT2D eigenvalue weighted by Crippen LogP contribution is 2.32. The molecule has 29 heavy (non-hydrogen) atoms. The number of amides is 2. The lowest BCUT2D eigenvalue weighted by Gasteiger charge is -2.26. The minimum atomic E-state index is -0.524. The lowest BCUT2D eigenvalue weighted by molar-refractivity contribution is 0.0735. The lowest BCUT2D eigenvalue weighted by Crippen LogP contribution is -2.35. The number of nitrogens with zero attached hydrogens (tertiary/aromatic N) is 2. The van der Waals surface area contributed by atoms with Crippen molar-refractivity contribution in [2.45, 2.75) is 33.7 Å². The Hall–Kier alpha value is -2.81. The predicted octanol–water partition coefficient (Wildman–Crippen LogP) is 3.71. The van der Waals surface area contributed by atoms with Gasteiger partial charge in [0.05, 0.1) is 32.1 Å². The van der Waals surface area contributed by atoms with Crippen LogP contribution in [0.15, 0.2) is 18.2 Å². The molecule has 1 aliphatic heterocycles. The van der Waals surface area contributed by atoms with Gasteiger partial charge in [-0.15, -0.1) is 0 Å². The summed E-state index contributed by atoms with van der Waals surface area (Å²) in [5.41, 5.74) is 1.46. The smallest absolute Gasteiger partial charge is 0.413 e. The summed E-state index contributed by atoms with van der Waals surface area (Å²) in [6.45, 7) is 7.86. The van der Waals surface area contributed by atoms with Crippen molar-refractivity contribution in [3.05, 3.63) is 34.3 Å². The van der Waals surface area contributed by atoms with Gasteiger partial charge in [-0.05, 0) is 39.0 Å². The second-order valence-electron chi connectivity index (χ2n) is 6.24.